The quantitative estimate of drug-likeness (QED) is 0.259. The van der Waals surface area contributed by atoms with E-state index in [9.17, 15) is 0 Å². The van der Waals surface area contributed by atoms with Crippen molar-refractivity contribution in [1.82, 2.24) is 0 Å². The fourth-order valence-electron chi connectivity index (χ4n) is 0. The monoisotopic (exact) mass is 107 g/mol. The van der Waals surface area contributed by atoms with E-state index >= 15 is 0 Å². The summed E-state index contributed by atoms with van der Waals surface area (Å²) in [6, 6.07) is 0. The summed E-state index contributed by atoms with van der Waals surface area (Å²) in [5, 5.41) is 0.194. The molecule has 0 aliphatic carbocycles. The van der Waals surface area contributed by atoms with Gasteiger partial charge in [0.15, 0.2) is 0 Å². The average Bonchev–Trinajstić information content (AvgIpc) is 0.918. The molecule has 0 radical (unpaired) electrons. The zero-order valence-corrected chi connectivity index (χ0v) is 5.97. The van der Waals surface area contributed by atoms with Gasteiger partial charge in [-0.05, 0) is 0 Å². The van der Waals surface area contributed by atoms with E-state index in [4.69, 9.17) is 23.2 Å². The fraction of sp³-hybridized carbons (Fsp3) is 1.00. The van der Waals surface area contributed by atoms with E-state index in [1.54, 1.807) is 0 Å². The van der Waals surface area contributed by atoms with Crippen LogP contribution in [-0.2, 0) is 0 Å². The van der Waals surface area contributed by atoms with Crippen LogP contribution in [-0.4, -0.2) is 5.34 Å². The van der Waals surface area contributed by atoms with Gasteiger partial charge in [0.05, 0.1) is 5.34 Å². The van der Waals surface area contributed by atoms with Gasteiger partial charge in [0, 0.05) is 0 Å². The molecule has 0 heterocycles. The first-order valence-corrected chi connectivity index (χ1v) is 1.60. The standard InChI is InChI=1S/CH2Cl2.Na/c2-1-3;/h1H2;/q;+1. The van der Waals surface area contributed by atoms with Gasteiger partial charge in [0.25, 0.3) is 0 Å². The van der Waals surface area contributed by atoms with Crippen molar-refractivity contribution in [3.05, 3.63) is 0 Å². The zero-order chi connectivity index (χ0) is 2.71. The van der Waals surface area contributed by atoms with Crippen molar-refractivity contribution in [2.24, 2.45) is 0 Å². The van der Waals surface area contributed by atoms with Crippen LogP contribution in [0.1, 0.15) is 0 Å². The van der Waals surface area contributed by atoms with Gasteiger partial charge in [0.2, 0.25) is 0 Å². The van der Waals surface area contributed by atoms with Gasteiger partial charge in [-0.2, -0.15) is 0 Å². The summed E-state index contributed by atoms with van der Waals surface area (Å²) in [6.45, 7) is 0. The molecule has 0 unspecified atom stereocenters. The van der Waals surface area contributed by atoms with Crippen LogP contribution in [0.15, 0.2) is 0 Å². The van der Waals surface area contributed by atoms with E-state index in [1.165, 1.54) is 0 Å². The molecule has 0 aliphatic heterocycles. The molecule has 0 N–H and O–H groups in total. The third-order valence-corrected chi connectivity index (χ3v) is 0. The van der Waals surface area contributed by atoms with Crippen molar-refractivity contribution in [3.63, 3.8) is 0 Å². The van der Waals surface area contributed by atoms with Crippen LogP contribution in [0.4, 0.5) is 0 Å². The van der Waals surface area contributed by atoms with Crippen LogP contribution in [0.3, 0.4) is 0 Å². The Hall–Kier alpha value is 1.58. The maximum atomic E-state index is 4.76. The molecule has 0 aromatic heterocycles. The molecule has 0 saturated carbocycles. The largest absolute Gasteiger partial charge is 1.00 e. The van der Waals surface area contributed by atoms with Crippen molar-refractivity contribution in [1.29, 1.82) is 0 Å². The number of halogens is 2. The molecule has 0 amide bonds. The molecule has 0 atom stereocenters. The topological polar surface area (TPSA) is 0 Å². The molecule has 4 heavy (non-hydrogen) atoms. The van der Waals surface area contributed by atoms with Gasteiger partial charge >= 0.3 is 29.6 Å². The Kier molecular flexibility index (Phi) is 20.1. The molecule has 0 rings (SSSR count). The molecule has 0 fully saturated rings. The van der Waals surface area contributed by atoms with Crippen LogP contribution < -0.4 is 29.6 Å². The fourth-order valence-corrected chi connectivity index (χ4v) is 0. The second-order valence-corrected chi connectivity index (χ2v) is 0.909. The Morgan fingerprint density at radius 2 is 1.25 bits per heavy atom. The number of rotatable bonds is 0. The maximum Gasteiger partial charge on any atom is 1.00 e. The minimum Gasteiger partial charge on any atom is -0.109 e. The molecule has 3 heteroatoms. The summed E-state index contributed by atoms with van der Waals surface area (Å²) in [5.74, 6) is 0. The van der Waals surface area contributed by atoms with E-state index < -0.39 is 0 Å². The summed E-state index contributed by atoms with van der Waals surface area (Å²) in [4.78, 5) is 0. The Morgan fingerprint density at radius 3 is 1.25 bits per heavy atom. The van der Waals surface area contributed by atoms with Crippen molar-refractivity contribution in [2.75, 3.05) is 5.34 Å². The maximum absolute atomic E-state index is 4.76. The van der Waals surface area contributed by atoms with Gasteiger partial charge in [-0.25, -0.2) is 0 Å². The third-order valence-electron chi connectivity index (χ3n) is 0. The zero-order valence-electron chi connectivity index (χ0n) is 2.46. The average molecular weight is 108 g/mol. The Morgan fingerprint density at radius 1 is 1.25 bits per heavy atom. The third kappa shape index (κ3) is 9.55. The molecular weight excluding hydrogens is 106 g/mol. The number of alkyl halides is 2. The summed E-state index contributed by atoms with van der Waals surface area (Å²) in [5.41, 5.74) is 0. The summed E-state index contributed by atoms with van der Waals surface area (Å²) in [6.07, 6.45) is 0. The van der Waals surface area contributed by atoms with E-state index in [0.717, 1.165) is 0 Å². The van der Waals surface area contributed by atoms with Crippen LogP contribution in [0.2, 0.25) is 0 Å². The smallest absolute Gasteiger partial charge is 0.109 e. The van der Waals surface area contributed by atoms with Gasteiger partial charge in [-0.3, -0.25) is 0 Å². The van der Waals surface area contributed by atoms with Crippen molar-refractivity contribution in [3.8, 4) is 0 Å². The Bertz CT molecular complexity index is 6.00. The minimum atomic E-state index is 0. The SMILES string of the molecule is ClCCl.[Na+]. The summed E-state index contributed by atoms with van der Waals surface area (Å²) in [7, 11) is 0. The normalized spacial score (nSPS) is 4.50. The van der Waals surface area contributed by atoms with Crippen molar-refractivity contribution in [2.45, 2.75) is 0 Å². The second kappa shape index (κ2) is 8.82. The van der Waals surface area contributed by atoms with Gasteiger partial charge < -0.3 is 0 Å². The van der Waals surface area contributed by atoms with Gasteiger partial charge in [-0.1, -0.05) is 0 Å². The van der Waals surface area contributed by atoms with Crippen LogP contribution >= 0.6 is 23.2 Å². The van der Waals surface area contributed by atoms with Gasteiger partial charge in [0.1, 0.15) is 0 Å². The first-order chi connectivity index (χ1) is 1.41. The Balaban J connectivity index is 0. The van der Waals surface area contributed by atoms with E-state index in [1.807, 2.05) is 0 Å². The molecule has 0 aromatic carbocycles. The van der Waals surface area contributed by atoms with Crippen molar-refractivity contribution < 1.29 is 29.6 Å². The first-order valence-electron chi connectivity index (χ1n) is 0.535. The van der Waals surface area contributed by atoms with E-state index in [0.29, 0.717) is 0 Å². The summed E-state index contributed by atoms with van der Waals surface area (Å²) >= 11 is 9.53. The number of hydrogen-bond acceptors (Lipinski definition) is 0. The molecule has 20 valence electrons. The molecular formula is CH2Cl2Na+. The molecule has 0 spiro atoms. The Labute approximate surface area is 57.8 Å². The number of hydrogen-bond donors (Lipinski definition) is 0. The molecule has 0 aromatic rings. The molecule has 0 saturated heterocycles. The van der Waals surface area contributed by atoms with Gasteiger partial charge in [-0.15, -0.1) is 23.2 Å². The van der Waals surface area contributed by atoms with Crippen LogP contribution in [0, 0.1) is 0 Å². The molecule has 0 nitrogen and oxygen atoms in total. The van der Waals surface area contributed by atoms with Crippen LogP contribution in [0.5, 0.6) is 0 Å². The van der Waals surface area contributed by atoms with Crippen LogP contribution in [0.25, 0.3) is 0 Å². The predicted octanol–water partition coefficient (Wildman–Crippen LogP) is -1.57. The molecule has 0 bridgehead atoms. The second-order valence-electron chi connectivity index (χ2n) is 0.101. The summed E-state index contributed by atoms with van der Waals surface area (Å²) < 4.78 is 0. The predicted molar refractivity (Wildman–Crippen MR) is 16.6 cm³/mol. The van der Waals surface area contributed by atoms with Crippen molar-refractivity contribution >= 4 is 23.2 Å². The molecule has 0 aliphatic rings. The first kappa shape index (κ1) is 9.13. The van der Waals surface area contributed by atoms with E-state index in [-0.39, 0.29) is 34.9 Å². The minimum absolute atomic E-state index is 0. The van der Waals surface area contributed by atoms with E-state index in [2.05, 4.69) is 0 Å².